The van der Waals surface area contributed by atoms with Crippen molar-refractivity contribution in [3.63, 3.8) is 0 Å². The fourth-order valence-electron chi connectivity index (χ4n) is 4.55. The van der Waals surface area contributed by atoms with Crippen molar-refractivity contribution in [2.45, 2.75) is 51.2 Å². The summed E-state index contributed by atoms with van der Waals surface area (Å²) in [5.74, 6) is 0.611. The molecule has 32 heavy (non-hydrogen) atoms. The van der Waals surface area contributed by atoms with Gasteiger partial charge < -0.3 is 10.1 Å². The molecule has 4 rings (SSSR count). The van der Waals surface area contributed by atoms with E-state index in [2.05, 4.69) is 11.4 Å². The van der Waals surface area contributed by atoms with Gasteiger partial charge in [-0.05, 0) is 68.5 Å². The number of nitrogens with zero attached hydrogens (tertiary/aromatic N) is 3. The second kappa shape index (κ2) is 9.49. The van der Waals surface area contributed by atoms with Gasteiger partial charge in [-0.3, -0.25) is 13.9 Å². The molecule has 1 aliphatic rings. The van der Waals surface area contributed by atoms with Gasteiger partial charge >= 0.3 is 5.69 Å². The van der Waals surface area contributed by atoms with Gasteiger partial charge in [-0.1, -0.05) is 17.7 Å². The first kappa shape index (κ1) is 22.0. The van der Waals surface area contributed by atoms with Crippen LogP contribution in [-0.2, 0) is 11.3 Å². The average molecular weight is 453 g/mol. The molecule has 1 fully saturated rings. The van der Waals surface area contributed by atoms with Gasteiger partial charge in [-0.25, -0.2) is 4.79 Å². The zero-order valence-electron chi connectivity index (χ0n) is 17.9. The van der Waals surface area contributed by atoms with Crippen LogP contribution in [0.15, 0.2) is 41.2 Å². The SMILES string of the molecule is CCOc1ccc(Cn2c(=O)n(C3CCC(NC=O)CC3)c3ccc(C#N)cc32)cc1Cl. The number of aromatic nitrogens is 2. The summed E-state index contributed by atoms with van der Waals surface area (Å²) < 4.78 is 9.07. The lowest BCUT2D eigenvalue weighted by atomic mass is 9.91. The van der Waals surface area contributed by atoms with Crippen LogP contribution < -0.4 is 15.7 Å². The zero-order valence-corrected chi connectivity index (χ0v) is 18.6. The maximum atomic E-state index is 13.6. The third-order valence-electron chi connectivity index (χ3n) is 6.09. The topological polar surface area (TPSA) is 89.0 Å². The van der Waals surface area contributed by atoms with E-state index in [1.54, 1.807) is 16.7 Å². The Morgan fingerprint density at radius 1 is 1.19 bits per heavy atom. The molecule has 0 radical (unpaired) electrons. The molecule has 0 aliphatic heterocycles. The summed E-state index contributed by atoms with van der Waals surface area (Å²) in [6.07, 6.45) is 4.01. The van der Waals surface area contributed by atoms with E-state index < -0.39 is 0 Å². The minimum Gasteiger partial charge on any atom is -0.492 e. The summed E-state index contributed by atoms with van der Waals surface area (Å²) in [6.45, 7) is 2.76. The molecule has 7 nitrogen and oxygen atoms in total. The summed E-state index contributed by atoms with van der Waals surface area (Å²) in [6, 6.07) is 13.3. The van der Waals surface area contributed by atoms with Crippen LogP contribution in [0.4, 0.5) is 0 Å². The van der Waals surface area contributed by atoms with E-state index >= 15 is 0 Å². The molecule has 166 valence electrons. The van der Waals surface area contributed by atoms with Crippen LogP contribution in [0.1, 0.15) is 49.8 Å². The molecule has 1 aliphatic carbocycles. The van der Waals surface area contributed by atoms with E-state index in [-0.39, 0.29) is 17.8 Å². The van der Waals surface area contributed by atoms with Crippen LogP contribution in [0, 0.1) is 11.3 Å². The number of ether oxygens (including phenoxy) is 1. The lowest BCUT2D eigenvalue weighted by Gasteiger charge is -2.28. The van der Waals surface area contributed by atoms with Crippen LogP contribution in [0.25, 0.3) is 11.0 Å². The number of fused-ring (bicyclic) bond motifs is 1. The largest absolute Gasteiger partial charge is 0.492 e. The number of hydrogen-bond acceptors (Lipinski definition) is 4. The number of imidazole rings is 1. The molecule has 3 aromatic rings. The molecule has 0 saturated heterocycles. The Hall–Kier alpha value is -3.24. The van der Waals surface area contributed by atoms with Crippen molar-refractivity contribution >= 4 is 29.0 Å². The molecule has 1 amide bonds. The molecular formula is C24H25ClN4O3. The normalized spacial score (nSPS) is 18.3. The zero-order chi connectivity index (χ0) is 22.7. The first-order valence-corrected chi connectivity index (χ1v) is 11.2. The fraction of sp³-hybridized carbons (Fsp3) is 0.375. The van der Waals surface area contributed by atoms with E-state index in [0.717, 1.165) is 48.7 Å². The van der Waals surface area contributed by atoms with E-state index in [1.807, 2.05) is 35.8 Å². The number of amides is 1. The molecule has 1 N–H and O–H groups in total. The molecule has 1 saturated carbocycles. The molecule has 2 aromatic carbocycles. The van der Waals surface area contributed by atoms with Crippen molar-refractivity contribution in [1.29, 1.82) is 5.26 Å². The van der Waals surface area contributed by atoms with Gasteiger partial charge in [0.25, 0.3) is 0 Å². The van der Waals surface area contributed by atoms with E-state index in [0.29, 0.717) is 29.5 Å². The predicted molar refractivity (Wildman–Crippen MR) is 123 cm³/mol. The van der Waals surface area contributed by atoms with Gasteiger partial charge in [0.2, 0.25) is 6.41 Å². The molecule has 1 aromatic heterocycles. The number of halogens is 1. The average Bonchev–Trinajstić information content (AvgIpc) is 3.07. The third-order valence-corrected chi connectivity index (χ3v) is 6.39. The highest BCUT2D eigenvalue weighted by Gasteiger charge is 2.26. The Bertz CT molecular complexity index is 1230. The highest BCUT2D eigenvalue weighted by atomic mass is 35.5. The lowest BCUT2D eigenvalue weighted by Crippen LogP contribution is -2.35. The number of hydrogen-bond donors (Lipinski definition) is 1. The Labute approximate surface area is 191 Å². The fourth-order valence-corrected chi connectivity index (χ4v) is 4.81. The van der Waals surface area contributed by atoms with Crippen molar-refractivity contribution in [1.82, 2.24) is 14.5 Å². The number of rotatable bonds is 7. The molecular weight excluding hydrogens is 428 g/mol. The first-order valence-electron chi connectivity index (χ1n) is 10.8. The van der Waals surface area contributed by atoms with Crippen molar-refractivity contribution in [3.8, 4) is 11.8 Å². The highest BCUT2D eigenvalue weighted by Crippen LogP contribution is 2.31. The Balaban J connectivity index is 1.73. The number of carbonyl (C=O) groups is 1. The monoisotopic (exact) mass is 452 g/mol. The standard InChI is InChI=1S/C24H25ClN4O3/c1-2-32-23-10-4-17(11-20(23)25)14-28-22-12-16(13-26)3-9-21(22)29(24(28)31)19-7-5-18(6-8-19)27-15-30/h3-4,9-12,15,18-19H,2,5-8,14H2,1H3,(H,27,30). The molecule has 0 spiro atoms. The van der Waals surface area contributed by atoms with Gasteiger partial charge in [0.05, 0.1) is 40.8 Å². The minimum absolute atomic E-state index is 0.0489. The van der Waals surface area contributed by atoms with Crippen molar-refractivity contribution < 1.29 is 9.53 Å². The maximum Gasteiger partial charge on any atom is 0.329 e. The second-order valence-corrected chi connectivity index (χ2v) is 8.45. The summed E-state index contributed by atoms with van der Waals surface area (Å²) in [4.78, 5) is 24.3. The Morgan fingerprint density at radius 2 is 1.97 bits per heavy atom. The Kier molecular flexibility index (Phi) is 6.52. The molecule has 8 heteroatoms. The van der Waals surface area contributed by atoms with Crippen LogP contribution in [0.5, 0.6) is 5.75 Å². The number of nitriles is 1. The highest BCUT2D eigenvalue weighted by molar-refractivity contribution is 6.32. The van der Waals surface area contributed by atoms with Gasteiger partial charge in [0, 0.05) is 12.1 Å². The van der Waals surface area contributed by atoms with Crippen LogP contribution >= 0.6 is 11.6 Å². The van der Waals surface area contributed by atoms with E-state index in [4.69, 9.17) is 16.3 Å². The predicted octanol–water partition coefficient (Wildman–Crippen LogP) is 4.00. The van der Waals surface area contributed by atoms with E-state index in [9.17, 15) is 14.9 Å². The van der Waals surface area contributed by atoms with Crippen LogP contribution in [0.3, 0.4) is 0 Å². The smallest absolute Gasteiger partial charge is 0.329 e. The number of carbonyl (C=O) groups excluding carboxylic acids is 1. The van der Waals surface area contributed by atoms with Gasteiger partial charge in [0.15, 0.2) is 0 Å². The van der Waals surface area contributed by atoms with Crippen molar-refractivity contribution in [2.75, 3.05) is 6.61 Å². The summed E-state index contributed by atoms with van der Waals surface area (Å²) in [5.41, 5.74) is 2.82. The third kappa shape index (κ3) is 4.23. The van der Waals surface area contributed by atoms with Crippen LogP contribution in [0.2, 0.25) is 5.02 Å². The molecule has 0 bridgehead atoms. The quantitative estimate of drug-likeness (QED) is 0.548. The number of benzene rings is 2. The van der Waals surface area contributed by atoms with Gasteiger partial charge in [0.1, 0.15) is 5.75 Å². The van der Waals surface area contributed by atoms with E-state index in [1.165, 1.54) is 0 Å². The van der Waals surface area contributed by atoms with Crippen molar-refractivity contribution in [2.24, 2.45) is 0 Å². The lowest BCUT2D eigenvalue weighted by molar-refractivity contribution is -0.110. The van der Waals surface area contributed by atoms with Crippen molar-refractivity contribution in [3.05, 3.63) is 63.0 Å². The Morgan fingerprint density at radius 3 is 2.62 bits per heavy atom. The molecule has 1 heterocycles. The van der Waals surface area contributed by atoms with Crippen LogP contribution in [-0.4, -0.2) is 28.2 Å². The second-order valence-electron chi connectivity index (χ2n) is 8.04. The molecule has 0 atom stereocenters. The minimum atomic E-state index is -0.105. The van der Waals surface area contributed by atoms with Gasteiger partial charge in [-0.15, -0.1) is 0 Å². The maximum absolute atomic E-state index is 13.6. The first-order chi connectivity index (χ1) is 15.5. The van der Waals surface area contributed by atoms with Gasteiger partial charge in [-0.2, -0.15) is 5.26 Å². The number of nitrogens with one attached hydrogen (secondary N) is 1. The molecule has 0 unspecified atom stereocenters. The summed E-state index contributed by atoms with van der Waals surface area (Å²) in [7, 11) is 0. The summed E-state index contributed by atoms with van der Waals surface area (Å²) in [5, 5.41) is 12.7. The summed E-state index contributed by atoms with van der Waals surface area (Å²) >= 11 is 6.36.